The Bertz CT molecular complexity index is 362. The summed E-state index contributed by atoms with van der Waals surface area (Å²) in [6, 6.07) is 3.09. The summed E-state index contributed by atoms with van der Waals surface area (Å²) in [6.07, 6.45) is 0.708. The number of aryl methyl sites for hydroxylation is 1. The topological polar surface area (TPSA) is 23.5 Å². The zero-order valence-electron chi connectivity index (χ0n) is 9.53. The Morgan fingerprint density at radius 1 is 1.50 bits per heavy atom. The minimum absolute atomic E-state index is 0.167. The molecule has 1 aromatic carbocycles. The molecule has 0 saturated heterocycles. The minimum Gasteiger partial charge on any atom is -0.396 e. The molecule has 0 bridgehead atoms. The molecular formula is C11H15BFNOS. The van der Waals surface area contributed by atoms with Crippen molar-refractivity contribution in [2.75, 3.05) is 20.2 Å². The second kappa shape index (κ2) is 6.28. The molecule has 0 aliphatic carbocycles. The van der Waals surface area contributed by atoms with Crippen molar-refractivity contribution in [1.29, 1.82) is 0 Å². The normalized spacial score (nSPS) is 11.1. The van der Waals surface area contributed by atoms with Gasteiger partial charge in [-0.05, 0) is 44.0 Å². The van der Waals surface area contributed by atoms with Gasteiger partial charge in [-0.1, -0.05) is 11.5 Å². The summed E-state index contributed by atoms with van der Waals surface area (Å²) in [6.45, 7) is 2.82. The van der Waals surface area contributed by atoms with Gasteiger partial charge in [0.15, 0.2) is 0 Å². The van der Waals surface area contributed by atoms with Crippen LogP contribution in [0.3, 0.4) is 0 Å². The van der Waals surface area contributed by atoms with Gasteiger partial charge in [-0.15, -0.1) is 0 Å². The lowest BCUT2D eigenvalue weighted by Crippen LogP contribution is -2.14. The van der Waals surface area contributed by atoms with Gasteiger partial charge in [0, 0.05) is 18.0 Å². The van der Waals surface area contributed by atoms with Gasteiger partial charge in [0.1, 0.15) is 13.7 Å². The van der Waals surface area contributed by atoms with E-state index in [1.807, 2.05) is 18.3 Å². The van der Waals surface area contributed by atoms with E-state index in [9.17, 15) is 4.39 Å². The quantitative estimate of drug-likeness (QED) is 0.618. The third-order valence-corrected chi connectivity index (χ3v) is 3.31. The first-order valence-electron chi connectivity index (χ1n) is 5.10. The SMILES string of the molecule is [B]c1cc(C)c(SN(C)CCCO)cc1F. The van der Waals surface area contributed by atoms with Gasteiger partial charge in [0.2, 0.25) is 0 Å². The van der Waals surface area contributed by atoms with Crippen LogP contribution in [-0.2, 0) is 0 Å². The molecule has 0 aliphatic heterocycles. The summed E-state index contributed by atoms with van der Waals surface area (Å²) < 4.78 is 15.2. The monoisotopic (exact) mass is 239 g/mol. The first-order chi connectivity index (χ1) is 7.54. The second-order valence-electron chi connectivity index (χ2n) is 3.66. The smallest absolute Gasteiger partial charge is 0.117 e. The van der Waals surface area contributed by atoms with E-state index in [0.717, 1.165) is 17.0 Å². The fraction of sp³-hybridized carbons (Fsp3) is 0.455. The molecule has 16 heavy (non-hydrogen) atoms. The number of nitrogens with zero attached hydrogens (tertiary/aromatic N) is 1. The first kappa shape index (κ1) is 13.5. The molecule has 0 heterocycles. The van der Waals surface area contributed by atoms with E-state index in [1.54, 1.807) is 6.07 Å². The highest BCUT2D eigenvalue weighted by Crippen LogP contribution is 2.24. The summed E-state index contributed by atoms with van der Waals surface area (Å²) in [5.41, 5.74) is 1.14. The van der Waals surface area contributed by atoms with Crippen molar-refractivity contribution in [2.45, 2.75) is 18.2 Å². The Kier molecular flexibility index (Phi) is 5.32. The highest BCUT2D eigenvalue weighted by molar-refractivity contribution is 7.97. The highest BCUT2D eigenvalue weighted by atomic mass is 32.2. The van der Waals surface area contributed by atoms with Crippen LogP contribution in [0, 0.1) is 12.7 Å². The Labute approximate surface area is 101 Å². The molecular weight excluding hydrogens is 224 g/mol. The van der Waals surface area contributed by atoms with Crippen molar-refractivity contribution < 1.29 is 9.50 Å². The molecule has 0 amide bonds. The van der Waals surface area contributed by atoms with Gasteiger partial charge in [0.05, 0.1) is 0 Å². The maximum atomic E-state index is 13.3. The van der Waals surface area contributed by atoms with Crippen molar-refractivity contribution in [1.82, 2.24) is 4.31 Å². The molecule has 1 aromatic rings. The van der Waals surface area contributed by atoms with Crippen molar-refractivity contribution in [2.24, 2.45) is 0 Å². The summed E-state index contributed by atoms with van der Waals surface area (Å²) in [5.74, 6) is -0.386. The molecule has 2 nitrogen and oxygen atoms in total. The fourth-order valence-corrected chi connectivity index (χ4v) is 2.21. The Hall–Kier alpha value is -0.515. The predicted octanol–water partition coefficient (Wildman–Crippen LogP) is 1.25. The lowest BCUT2D eigenvalue weighted by Gasteiger charge is -2.16. The zero-order chi connectivity index (χ0) is 12.1. The summed E-state index contributed by atoms with van der Waals surface area (Å²) in [7, 11) is 7.38. The van der Waals surface area contributed by atoms with Gasteiger partial charge in [-0.2, -0.15) is 0 Å². The lowest BCUT2D eigenvalue weighted by molar-refractivity contribution is 0.278. The van der Waals surface area contributed by atoms with Crippen molar-refractivity contribution in [3.05, 3.63) is 23.5 Å². The maximum Gasteiger partial charge on any atom is 0.117 e. The van der Waals surface area contributed by atoms with Crippen molar-refractivity contribution >= 4 is 25.3 Å². The van der Waals surface area contributed by atoms with Crippen LogP contribution in [0.5, 0.6) is 0 Å². The van der Waals surface area contributed by atoms with Crippen LogP contribution in [0.25, 0.3) is 0 Å². The van der Waals surface area contributed by atoms with E-state index >= 15 is 0 Å². The molecule has 1 N–H and O–H groups in total. The average Bonchev–Trinajstić information content (AvgIpc) is 2.23. The maximum absolute atomic E-state index is 13.3. The third-order valence-electron chi connectivity index (χ3n) is 2.18. The Morgan fingerprint density at radius 2 is 2.19 bits per heavy atom. The molecule has 0 unspecified atom stereocenters. The molecule has 0 fully saturated rings. The number of rotatable bonds is 5. The summed E-state index contributed by atoms with van der Waals surface area (Å²) >= 11 is 1.46. The van der Waals surface area contributed by atoms with Crippen LogP contribution >= 0.6 is 11.9 Å². The standard InChI is InChI=1S/C11H15BFNOS/c1-8-6-9(12)10(13)7-11(8)16-14(2)4-3-5-15/h6-7,15H,3-5H2,1-2H3. The molecule has 1 rings (SSSR count). The molecule has 0 aliphatic rings. The molecule has 0 spiro atoms. The van der Waals surface area contributed by atoms with Crippen LogP contribution in [0.1, 0.15) is 12.0 Å². The van der Waals surface area contributed by atoms with Crippen LogP contribution < -0.4 is 5.46 Å². The highest BCUT2D eigenvalue weighted by Gasteiger charge is 2.07. The molecule has 0 atom stereocenters. The number of aliphatic hydroxyl groups is 1. The van der Waals surface area contributed by atoms with Crippen molar-refractivity contribution in [3.8, 4) is 0 Å². The number of hydrogen-bond donors (Lipinski definition) is 1. The largest absolute Gasteiger partial charge is 0.396 e. The molecule has 2 radical (unpaired) electrons. The van der Waals surface area contributed by atoms with Crippen molar-refractivity contribution in [3.63, 3.8) is 0 Å². The molecule has 0 saturated carbocycles. The van der Waals surface area contributed by atoms with Gasteiger partial charge in [0.25, 0.3) is 0 Å². The number of halogens is 1. The average molecular weight is 239 g/mol. The van der Waals surface area contributed by atoms with E-state index in [-0.39, 0.29) is 17.9 Å². The minimum atomic E-state index is -0.386. The van der Waals surface area contributed by atoms with Gasteiger partial charge in [-0.3, -0.25) is 0 Å². The van der Waals surface area contributed by atoms with E-state index < -0.39 is 0 Å². The second-order valence-corrected chi connectivity index (χ2v) is 4.90. The van der Waals surface area contributed by atoms with E-state index in [2.05, 4.69) is 0 Å². The first-order valence-corrected chi connectivity index (χ1v) is 5.87. The number of hydrogen-bond acceptors (Lipinski definition) is 3. The van der Waals surface area contributed by atoms with Crippen LogP contribution in [0.4, 0.5) is 4.39 Å². The fourth-order valence-electron chi connectivity index (χ4n) is 1.29. The molecule has 86 valence electrons. The Balaban J connectivity index is 2.69. The van der Waals surface area contributed by atoms with Gasteiger partial charge < -0.3 is 5.11 Å². The number of benzene rings is 1. The molecule has 5 heteroatoms. The number of aliphatic hydroxyl groups excluding tert-OH is 1. The van der Waals surface area contributed by atoms with Gasteiger partial charge >= 0.3 is 0 Å². The zero-order valence-corrected chi connectivity index (χ0v) is 10.4. The van der Waals surface area contributed by atoms with Gasteiger partial charge in [-0.25, -0.2) is 8.70 Å². The van der Waals surface area contributed by atoms with Crippen LogP contribution in [-0.4, -0.2) is 37.5 Å². The van der Waals surface area contributed by atoms with E-state index in [1.165, 1.54) is 18.0 Å². The lowest BCUT2D eigenvalue weighted by atomic mass is 9.94. The van der Waals surface area contributed by atoms with Crippen LogP contribution in [0.15, 0.2) is 17.0 Å². The Morgan fingerprint density at radius 3 is 2.81 bits per heavy atom. The summed E-state index contributed by atoms with van der Waals surface area (Å²) in [5, 5.41) is 8.70. The van der Waals surface area contributed by atoms with E-state index in [4.69, 9.17) is 13.0 Å². The predicted molar refractivity (Wildman–Crippen MR) is 66.7 cm³/mol. The molecule has 0 aromatic heterocycles. The van der Waals surface area contributed by atoms with E-state index in [0.29, 0.717) is 6.42 Å². The van der Waals surface area contributed by atoms with Crippen LogP contribution in [0.2, 0.25) is 0 Å². The third kappa shape index (κ3) is 3.81. The summed E-state index contributed by atoms with van der Waals surface area (Å²) in [4.78, 5) is 0.854.